The zero-order valence-electron chi connectivity index (χ0n) is 29.0. The molecule has 1 fully saturated rings. The van der Waals surface area contributed by atoms with Crippen molar-refractivity contribution in [2.75, 3.05) is 26.6 Å². The Labute approximate surface area is 296 Å². The summed E-state index contributed by atoms with van der Waals surface area (Å²) in [5.41, 5.74) is 4.32. The summed E-state index contributed by atoms with van der Waals surface area (Å²) in [5, 5.41) is 46.2. The lowest BCUT2D eigenvalue weighted by atomic mass is 9.64. The molecule has 49 heavy (non-hydrogen) atoms. The largest absolute Gasteiger partial charge is 0.508 e. The van der Waals surface area contributed by atoms with Gasteiger partial charge in [-0.2, -0.15) is 0 Å². The van der Waals surface area contributed by atoms with Gasteiger partial charge in [0.25, 0.3) is 0 Å². The van der Waals surface area contributed by atoms with E-state index in [-0.39, 0.29) is 45.8 Å². The van der Waals surface area contributed by atoms with Gasteiger partial charge < -0.3 is 39.4 Å². The molecule has 0 amide bonds. The van der Waals surface area contributed by atoms with Crippen molar-refractivity contribution >= 4 is 21.6 Å². The zero-order chi connectivity index (χ0) is 34.6. The highest BCUT2D eigenvalue weighted by atomic mass is 33.1. The molecular formula is C39H48O8S2. The molecular weight excluding hydrogens is 661 g/mol. The molecule has 4 N–H and O–H groups in total. The SMILES string of the molecule is COc1cc2c3c4c1-c1ccc(O)cc1[C@H](CC[C@@H](C)CCSS[C@H]1CC[C@@](c5cc(OCCC(C)C)c(O)c(OC)c5O)(O2)[C@H](O)[C@@H]31)C4. The molecule has 4 aliphatic rings. The lowest BCUT2D eigenvalue weighted by Gasteiger charge is -2.53. The molecule has 0 saturated heterocycles. The van der Waals surface area contributed by atoms with Crippen LogP contribution in [0.5, 0.6) is 40.2 Å². The van der Waals surface area contributed by atoms with E-state index in [1.807, 2.05) is 39.8 Å². The average Bonchev–Trinajstić information content (AvgIpc) is 3.08. The van der Waals surface area contributed by atoms with E-state index in [1.165, 1.54) is 7.11 Å². The molecule has 0 spiro atoms. The minimum Gasteiger partial charge on any atom is -0.508 e. The van der Waals surface area contributed by atoms with Gasteiger partial charge in [-0.1, -0.05) is 54.8 Å². The number of phenolic OH excluding ortho intramolecular Hbond substituents is 3. The van der Waals surface area contributed by atoms with Crippen LogP contribution in [-0.2, 0) is 12.0 Å². The van der Waals surface area contributed by atoms with Crippen LogP contribution in [0.1, 0.15) is 93.4 Å². The maximum atomic E-state index is 12.7. The van der Waals surface area contributed by atoms with Crippen molar-refractivity contribution < 1.29 is 39.4 Å². The van der Waals surface area contributed by atoms with E-state index in [1.54, 1.807) is 19.2 Å². The van der Waals surface area contributed by atoms with Gasteiger partial charge in [-0.3, -0.25) is 0 Å². The highest BCUT2D eigenvalue weighted by Gasteiger charge is 2.59. The number of benzene rings is 3. The quantitative estimate of drug-likeness (QED) is 0.178. The van der Waals surface area contributed by atoms with Crippen LogP contribution in [-0.4, -0.2) is 58.4 Å². The molecule has 0 radical (unpaired) electrons. The molecule has 4 bridgehead atoms. The number of fused-ring (bicyclic) bond motifs is 5. The van der Waals surface area contributed by atoms with Crippen LogP contribution in [0.2, 0.25) is 0 Å². The summed E-state index contributed by atoms with van der Waals surface area (Å²) in [4.78, 5) is 0. The van der Waals surface area contributed by atoms with Gasteiger partial charge in [-0.25, -0.2) is 0 Å². The summed E-state index contributed by atoms with van der Waals surface area (Å²) < 4.78 is 24.8. The minimum absolute atomic E-state index is 0.0897. The van der Waals surface area contributed by atoms with Crippen LogP contribution in [0, 0.1) is 11.8 Å². The van der Waals surface area contributed by atoms with Crippen molar-refractivity contribution in [2.24, 2.45) is 11.8 Å². The topological polar surface area (TPSA) is 118 Å². The number of rotatable bonds is 7. The average molecular weight is 709 g/mol. The predicted molar refractivity (Wildman–Crippen MR) is 195 cm³/mol. The first-order valence-electron chi connectivity index (χ1n) is 17.6. The summed E-state index contributed by atoms with van der Waals surface area (Å²) in [7, 11) is 6.80. The second-order valence-corrected chi connectivity index (χ2v) is 17.4. The van der Waals surface area contributed by atoms with E-state index in [9.17, 15) is 20.4 Å². The van der Waals surface area contributed by atoms with Crippen molar-refractivity contribution in [3.05, 3.63) is 52.6 Å². The minimum atomic E-state index is -1.33. The summed E-state index contributed by atoms with van der Waals surface area (Å²) in [5.74, 6) is 2.98. The van der Waals surface area contributed by atoms with Crippen molar-refractivity contribution in [1.29, 1.82) is 0 Å². The first-order chi connectivity index (χ1) is 23.6. The van der Waals surface area contributed by atoms with Crippen molar-refractivity contribution in [3.8, 4) is 51.4 Å². The van der Waals surface area contributed by atoms with Gasteiger partial charge in [-0.05, 0) is 91.2 Å². The molecule has 10 heteroatoms. The van der Waals surface area contributed by atoms with Gasteiger partial charge in [0.1, 0.15) is 23.4 Å². The van der Waals surface area contributed by atoms with Gasteiger partial charge in [0, 0.05) is 39.7 Å². The molecule has 264 valence electrons. The van der Waals surface area contributed by atoms with Crippen LogP contribution in [0.15, 0.2) is 30.3 Å². The van der Waals surface area contributed by atoms with Gasteiger partial charge >= 0.3 is 0 Å². The van der Waals surface area contributed by atoms with E-state index >= 15 is 0 Å². The molecule has 2 aliphatic heterocycles. The molecule has 3 aromatic rings. The fourth-order valence-electron chi connectivity index (χ4n) is 8.49. The third-order valence-electron chi connectivity index (χ3n) is 11.2. The second kappa shape index (κ2) is 13.6. The summed E-state index contributed by atoms with van der Waals surface area (Å²) in [6.07, 6.45) is 4.88. The van der Waals surface area contributed by atoms with Crippen LogP contribution in [0.3, 0.4) is 0 Å². The van der Waals surface area contributed by atoms with E-state index in [0.29, 0.717) is 41.9 Å². The van der Waals surface area contributed by atoms with Crippen molar-refractivity contribution in [2.45, 2.75) is 94.5 Å². The van der Waals surface area contributed by atoms with E-state index < -0.39 is 11.7 Å². The van der Waals surface area contributed by atoms with Gasteiger partial charge in [0.05, 0.1) is 20.8 Å². The number of hydrogen-bond acceptors (Lipinski definition) is 10. The Morgan fingerprint density at radius 2 is 1.80 bits per heavy atom. The third kappa shape index (κ3) is 5.85. The first-order valence-corrected chi connectivity index (χ1v) is 19.9. The molecule has 2 heterocycles. The Morgan fingerprint density at radius 1 is 0.980 bits per heavy atom. The molecule has 7 rings (SSSR count). The number of aliphatic hydroxyl groups excluding tert-OH is 1. The summed E-state index contributed by atoms with van der Waals surface area (Å²) in [6.45, 7) is 6.91. The fraction of sp³-hybridized carbons (Fsp3) is 0.538. The Balaban J connectivity index is 1.44. The lowest BCUT2D eigenvalue weighted by Crippen LogP contribution is -2.56. The number of methoxy groups -OCH3 is 2. The standard InChI is InChI=1S/C39H48O8S2/c1-20(2)11-14-46-30-18-27(35(41)37(45-5)36(30)42)39-13-10-31-34(38(39)43)33-26-16-22(7-6-21(3)12-15-48-49-31)25-17-23(40)8-9-24(25)32(26)28(44-4)19-29(33)47-39/h8-9,17-22,31,34,38,40-43H,6-7,10-16H2,1-5H3/t21-,22-,31+,34-,38-,39+/m1/s1. The van der Waals surface area contributed by atoms with E-state index in [2.05, 4.69) is 20.8 Å². The summed E-state index contributed by atoms with van der Waals surface area (Å²) in [6, 6.07) is 9.22. The Bertz CT molecular complexity index is 1730. The predicted octanol–water partition coefficient (Wildman–Crippen LogP) is 8.65. The van der Waals surface area contributed by atoms with Crippen LogP contribution < -0.4 is 18.9 Å². The molecule has 8 nitrogen and oxygen atoms in total. The van der Waals surface area contributed by atoms with Gasteiger partial charge in [0.15, 0.2) is 17.1 Å². The second-order valence-electron chi connectivity index (χ2n) is 14.6. The Hall–Kier alpha value is -3.08. The summed E-state index contributed by atoms with van der Waals surface area (Å²) >= 11 is 0. The highest BCUT2D eigenvalue weighted by molar-refractivity contribution is 8.76. The molecule has 6 atom stereocenters. The zero-order valence-corrected chi connectivity index (χ0v) is 30.6. The Morgan fingerprint density at radius 3 is 2.55 bits per heavy atom. The fourth-order valence-corrected chi connectivity index (χ4v) is 11.6. The van der Waals surface area contributed by atoms with Crippen LogP contribution in [0.25, 0.3) is 11.1 Å². The molecule has 3 aromatic carbocycles. The molecule has 0 unspecified atom stereocenters. The number of phenols is 3. The van der Waals surface area contributed by atoms with Gasteiger partial charge in [0.2, 0.25) is 11.5 Å². The number of ether oxygens (including phenoxy) is 4. The van der Waals surface area contributed by atoms with E-state index in [4.69, 9.17) is 18.9 Å². The maximum Gasteiger partial charge on any atom is 0.207 e. The number of aromatic hydroxyl groups is 3. The smallest absolute Gasteiger partial charge is 0.207 e. The molecule has 1 saturated carbocycles. The van der Waals surface area contributed by atoms with Crippen molar-refractivity contribution in [1.82, 2.24) is 0 Å². The molecule has 0 aromatic heterocycles. The van der Waals surface area contributed by atoms with Crippen LogP contribution >= 0.6 is 21.6 Å². The Kier molecular flexibility index (Phi) is 9.52. The lowest BCUT2D eigenvalue weighted by molar-refractivity contribution is -0.112. The number of hydrogen-bond donors (Lipinski definition) is 4. The number of aliphatic hydroxyl groups is 1. The molecule has 2 aliphatic carbocycles. The van der Waals surface area contributed by atoms with Crippen LogP contribution in [0.4, 0.5) is 0 Å². The first kappa shape index (κ1) is 34.4. The monoisotopic (exact) mass is 708 g/mol. The van der Waals surface area contributed by atoms with Gasteiger partial charge in [-0.15, -0.1) is 0 Å². The highest BCUT2D eigenvalue weighted by Crippen LogP contribution is 2.64. The van der Waals surface area contributed by atoms with Crippen molar-refractivity contribution in [3.63, 3.8) is 0 Å². The van der Waals surface area contributed by atoms with E-state index in [0.717, 1.165) is 72.1 Å². The normalized spacial score (nSPS) is 27.3. The third-order valence-corrected chi connectivity index (χ3v) is 14.1. The maximum absolute atomic E-state index is 12.7.